The fourth-order valence-electron chi connectivity index (χ4n) is 2.77. The van der Waals surface area contributed by atoms with E-state index in [0.29, 0.717) is 0 Å². The smallest absolute Gasteiger partial charge is 0.299 e. The van der Waals surface area contributed by atoms with Crippen LogP contribution in [0.1, 0.15) is 0 Å². The first-order chi connectivity index (χ1) is 10.8. The fraction of sp³-hybridized carbons (Fsp3) is 0. The van der Waals surface area contributed by atoms with Gasteiger partial charge in [0, 0.05) is 5.56 Å². The Morgan fingerprint density at radius 1 is 0.727 bits per heavy atom. The maximum absolute atomic E-state index is 10.3. The number of imidazole rings is 1. The van der Waals surface area contributed by atoms with Crippen LogP contribution in [-0.4, -0.2) is 14.7 Å². The SMILES string of the molecule is Oc1nc2c(-c3ccccc3)cccc2n1-c1ccccc1. The second-order valence-electron chi connectivity index (χ2n) is 5.12. The molecular formula is C19H14N2O. The monoisotopic (exact) mass is 286 g/mol. The van der Waals surface area contributed by atoms with Gasteiger partial charge in [0.2, 0.25) is 0 Å². The fourth-order valence-corrected chi connectivity index (χ4v) is 2.77. The zero-order chi connectivity index (χ0) is 14.9. The molecule has 1 N–H and O–H groups in total. The lowest BCUT2D eigenvalue weighted by Crippen LogP contribution is -1.92. The molecule has 1 aromatic heterocycles. The van der Waals surface area contributed by atoms with Crippen LogP contribution in [-0.2, 0) is 0 Å². The average Bonchev–Trinajstić information content (AvgIpc) is 2.92. The number of aromatic nitrogens is 2. The Hall–Kier alpha value is -3.07. The summed E-state index contributed by atoms with van der Waals surface area (Å²) in [6.45, 7) is 0. The van der Waals surface area contributed by atoms with Crippen molar-refractivity contribution in [2.45, 2.75) is 0 Å². The maximum atomic E-state index is 10.3. The van der Waals surface area contributed by atoms with Crippen LogP contribution in [0.2, 0.25) is 0 Å². The Balaban J connectivity index is 2.01. The molecule has 3 heteroatoms. The summed E-state index contributed by atoms with van der Waals surface area (Å²) in [7, 11) is 0. The Labute approximate surface area is 128 Å². The number of benzene rings is 3. The van der Waals surface area contributed by atoms with Crippen molar-refractivity contribution in [3.05, 3.63) is 78.9 Å². The van der Waals surface area contributed by atoms with Crippen molar-refractivity contribution < 1.29 is 5.11 Å². The van der Waals surface area contributed by atoms with E-state index < -0.39 is 0 Å². The third-order valence-electron chi connectivity index (χ3n) is 3.77. The third kappa shape index (κ3) is 1.95. The normalized spacial score (nSPS) is 10.9. The summed E-state index contributed by atoms with van der Waals surface area (Å²) in [5, 5.41) is 10.3. The molecule has 0 saturated heterocycles. The molecule has 0 unspecified atom stereocenters. The number of nitrogens with zero attached hydrogens (tertiary/aromatic N) is 2. The second-order valence-corrected chi connectivity index (χ2v) is 5.12. The molecule has 0 amide bonds. The van der Waals surface area contributed by atoms with Gasteiger partial charge in [0.1, 0.15) is 5.52 Å². The molecule has 3 aromatic carbocycles. The molecule has 0 aliphatic carbocycles. The van der Waals surface area contributed by atoms with Crippen molar-refractivity contribution in [1.82, 2.24) is 9.55 Å². The highest BCUT2D eigenvalue weighted by Crippen LogP contribution is 2.32. The van der Waals surface area contributed by atoms with Crippen LogP contribution in [0.15, 0.2) is 78.9 Å². The zero-order valence-electron chi connectivity index (χ0n) is 11.8. The van der Waals surface area contributed by atoms with Gasteiger partial charge in [-0.3, -0.25) is 4.57 Å². The van der Waals surface area contributed by atoms with Crippen molar-refractivity contribution in [3.8, 4) is 22.8 Å². The molecule has 22 heavy (non-hydrogen) atoms. The molecule has 4 aromatic rings. The maximum Gasteiger partial charge on any atom is 0.299 e. The first-order valence-corrected chi connectivity index (χ1v) is 7.16. The van der Waals surface area contributed by atoms with Crippen molar-refractivity contribution in [1.29, 1.82) is 0 Å². The van der Waals surface area contributed by atoms with Gasteiger partial charge in [-0.2, -0.15) is 4.98 Å². The molecule has 3 nitrogen and oxygen atoms in total. The largest absolute Gasteiger partial charge is 0.480 e. The molecular weight excluding hydrogens is 272 g/mol. The molecule has 106 valence electrons. The first-order valence-electron chi connectivity index (χ1n) is 7.16. The van der Waals surface area contributed by atoms with Crippen molar-refractivity contribution >= 4 is 11.0 Å². The summed E-state index contributed by atoms with van der Waals surface area (Å²) >= 11 is 0. The molecule has 0 saturated carbocycles. The predicted molar refractivity (Wildman–Crippen MR) is 88.2 cm³/mol. The molecule has 0 spiro atoms. The van der Waals surface area contributed by atoms with Gasteiger partial charge >= 0.3 is 0 Å². The van der Waals surface area contributed by atoms with E-state index in [4.69, 9.17) is 0 Å². The zero-order valence-corrected chi connectivity index (χ0v) is 11.8. The number of fused-ring (bicyclic) bond motifs is 1. The minimum absolute atomic E-state index is 0.00424. The highest BCUT2D eigenvalue weighted by Gasteiger charge is 2.14. The summed E-state index contributed by atoms with van der Waals surface area (Å²) in [5.74, 6) is 0. The number of hydrogen-bond acceptors (Lipinski definition) is 2. The van der Waals surface area contributed by atoms with Gasteiger partial charge in [-0.05, 0) is 23.8 Å². The topological polar surface area (TPSA) is 38.1 Å². The number of para-hydroxylation sites is 2. The number of aromatic hydroxyl groups is 1. The van der Waals surface area contributed by atoms with Gasteiger partial charge in [0.25, 0.3) is 6.01 Å². The lowest BCUT2D eigenvalue weighted by Gasteiger charge is -2.06. The summed E-state index contributed by atoms with van der Waals surface area (Å²) in [6, 6.07) is 25.8. The van der Waals surface area contributed by atoms with Crippen LogP contribution in [0.25, 0.3) is 27.8 Å². The predicted octanol–water partition coefficient (Wildman–Crippen LogP) is 4.40. The van der Waals surface area contributed by atoms with E-state index >= 15 is 0 Å². The Morgan fingerprint density at radius 2 is 1.41 bits per heavy atom. The molecule has 0 bridgehead atoms. The van der Waals surface area contributed by atoms with Crippen LogP contribution < -0.4 is 0 Å². The van der Waals surface area contributed by atoms with Crippen molar-refractivity contribution in [2.75, 3.05) is 0 Å². The average molecular weight is 286 g/mol. The summed E-state index contributed by atoms with van der Waals surface area (Å²) in [4.78, 5) is 4.38. The summed E-state index contributed by atoms with van der Waals surface area (Å²) in [6.07, 6.45) is 0. The van der Waals surface area contributed by atoms with Crippen LogP contribution in [0.4, 0.5) is 0 Å². The van der Waals surface area contributed by atoms with Crippen molar-refractivity contribution in [3.63, 3.8) is 0 Å². The highest BCUT2D eigenvalue weighted by molar-refractivity contribution is 5.93. The molecule has 0 fully saturated rings. The van der Waals surface area contributed by atoms with E-state index in [1.54, 1.807) is 4.57 Å². The standard InChI is InChI=1S/C19H14N2O/c22-19-20-18-16(14-8-3-1-4-9-14)12-7-13-17(18)21(19)15-10-5-2-6-11-15/h1-13H,(H,20,22). The van der Waals surface area contributed by atoms with Crippen LogP contribution in [0.3, 0.4) is 0 Å². The molecule has 0 atom stereocenters. The van der Waals surface area contributed by atoms with Crippen molar-refractivity contribution in [2.24, 2.45) is 0 Å². The minimum Gasteiger partial charge on any atom is -0.480 e. The second kappa shape index (κ2) is 5.04. The number of hydrogen-bond donors (Lipinski definition) is 1. The first kappa shape index (κ1) is 12.7. The van der Waals surface area contributed by atoms with Gasteiger partial charge in [-0.15, -0.1) is 0 Å². The minimum atomic E-state index is 0.00424. The van der Waals surface area contributed by atoms with E-state index in [0.717, 1.165) is 27.8 Å². The highest BCUT2D eigenvalue weighted by atomic mass is 16.3. The Bertz CT molecular complexity index is 928. The van der Waals surface area contributed by atoms with E-state index in [-0.39, 0.29) is 6.01 Å². The molecule has 1 heterocycles. The van der Waals surface area contributed by atoms with Gasteiger partial charge in [0.05, 0.1) is 11.2 Å². The van der Waals surface area contributed by atoms with E-state index in [1.165, 1.54) is 0 Å². The molecule has 0 aliphatic heterocycles. The molecule has 0 aliphatic rings. The van der Waals surface area contributed by atoms with Crippen LogP contribution in [0, 0.1) is 0 Å². The van der Waals surface area contributed by atoms with Crippen LogP contribution >= 0.6 is 0 Å². The van der Waals surface area contributed by atoms with Gasteiger partial charge in [-0.1, -0.05) is 60.7 Å². The Morgan fingerprint density at radius 3 is 2.14 bits per heavy atom. The molecule has 0 radical (unpaired) electrons. The lowest BCUT2D eigenvalue weighted by atomic mass is 10.0. The van der Waals surface area contributed by atoms with Gasteiger partial charge in [-0.25, -0.2) is 0 Å². The van der Waals surface area contributed by atoms with E-state index in [9.17, 15) is 5.11 Å². The van der Waals surface area contributed by atoms with E-state index in [1.807, 2.05) is 78.9 Å². The summed E-state index contributed by atoms with van der Waals surface area (Å²) in [5.41, 5.74) is 4.70. The lowest BCUT2D eigenvalue weighted by molar-refractivity contribution is 0.425. The summed E-state index contributed by atoms with van der Waals surface area (Å²) < 4.78 is 1.77. The quantitative estimate of drug-likeness (QED) is 0.593. The number of rotatable bonds is 2. The molecule has 4 rings (SSSR count). The van der Waals surface area contributed by atoms with E-state index in [2.05, 4.69) is 4.98 Å². The van der Waals surface area contributed by atoms with Crippen LogP contribution in [0.5, 0.6) is 6.01 Å². The third-order valence-corrected chi connectivity index (χ3v) is 3.77. The van der Waals surface area contributed by atoms with Gasteiger partial charge in [0.15, 0.2) is 0 Å². The Kier molecular flexibility index (Phi) is 2.90. The van der Waals surface area contributed by atoms with Gasteiger partial charge < -0.3 is 5.11 Å².